The second kappa shape index (κ2) is 5.68. The Morgan fingerprint density at radius 2 is 2.00 bits per heavy atom. The second-order valence-electron chi connectivity index (χ2n) is 5.01. The zero-order valence-electron chi connectivity index (χ0n) is 11.1. The van der Waals surface area contributed by atoms with Gasteiger partial charge in [-0.15, -0.1) is 0 Å². The van der Waals surface area contributed by atoms with Gasteiger partial charge in [0.15, 0.2) is 11.5 Å². The van der Waals surface area contributed by atoms with Crippen LogP contribution in [0.15, 0.2) is 18.2 Å². The molecule has 3 rings (SSSR count). The zero-order chi connectivity index (χ0) is 13.9. The maximum Gasteiger partial charge on any atom is 0.231 e. The van der Waals surface area contributed by atoms with Gasteiger partial charge in [-0.05, 0) is 12.1 Å². The molecule has 2 aliphatic rings. The number of amides is 1. The van der Waals surface area contributed by atoms with E-state index in [1.165, 1.54) is 0 Å². The van der Waals surface area contributed by atoms with Gasteiger partial charge in [0.2, 0.25) is 5.91 Å². The first kappa shape index (κ1) is 13.2. The SMILES string of the molecule is NC1COCC1C(=O)Nc1ccc2c(c1)OCCCO2. The number of hydrogen-bond acceptors (Lipinski definition) is 5. The molecule has 1 amide bonds. The molecule has 6 heteroatoms. The minimum absolute atomic E-state index is 0.121. The highest BCUT2D eigenvalue weighted by Crippen LogP contribution is 2.32. The van der Waals surface area contributed by atoms with Crippen LogP contribution in [-0.2, 0) is 9.53 Å². The molecule has 20 heavy (non-hydrogen) atoms. The van der Waals surface area contributed by atoms with Crippen molar-refractivity contribution < 1.29 is 19.0 Å². The maximum atomic E-state index is 12.1. The fourth-order valence-electron chi connectivity index (χ4n) is 2.32. The minimum atomic E-state index is -0.300. The van der Waals surface area contributed by atoms with E-state index in [1.54, 1.807) is 18.2 Å². The summed E-state index contributed by atoms with van der Waals surface area (Å²) in [5.74, 6) is 0.948. The first-order valence-corrected chi connectivity index (χ1v) is 6.78. The van der Waals surface area contributed by atoms with Crippen LogP contribution in [0.4, 0.5) is 5.69 Å². The summed E-state index contributed by atoms with van der Waals surface area (Å²) in [6.07, 6.45) is 0.852. The number of rotatable bonds is 2. The van der Waals surface area contributed by atoms with Gasteiger partial charge in [-0.3, -0.25) is 4.79 Å². The van der Waals surface area contributed by atoms with Crippen LogP contribution in [0.3, 0.4) is 0 Å². The molecule has 2 heterocycles. The molecule has 1 aromatic carbocycles. The van der Waals surface area contributed by atoms with Gasteiger partial charge < -0.3 is 25.3 Å². The molecule has 0 aliphatic carbocycles. The lowest BCUT2D eigenvalue weighted by Gasteiger charge is -2.14. The first-order valence-electron chi connectivity index (χ1n) is 6.78. The van der Waals surface area contributed by atoms with Crippen LogP contribution in [0.2, 0.25) is 0 Å². The Morgan fingerprint density at radius 1 is 1.20 bits per heavy atom. The Bertz CT molecular complexity index is 506. The van der Waals surface area contributed by atoms with E-state index in [4.69, 9.17) is 19.9 Å². The number of nitrogens with one attached hydrogen (secondary N) is 1. The van der Waals surface area contributed by atoms with Gasteiger partial charge in [-0.2, -0.15) is 0 Å². The van der Waals surface area contributed by atoms with E-state index < -0.39 is 0 Å². The van der Waals surface area contributed by atoms with Gasteiger partial charge in [0.1, 0.15) is 0 Å². The highest BCUT2D eigenvalue weighted by molar-refractivity contribution is 5.93. The van der Waals surface area contributed by atoms with Crippen molar-refractivity contribution >= 4 is 11.6 Å². The van der Waals surface area contributed by atoms with Gasteiger partial charge in [0, 0.05) is 24.2 Å². The van der Waals surface area contributed by atoms with Crippen molar-refractivity contribution in [1.82, 2.24) is 0 Å². The molecule has 3 N–H and O–H groups in total. The van der Waals surface area contributed by atoms with Gasteiger partial charge >= 0.3 is 0 Å². The van der Waals surface area contributed by atoms with Crippen molar-refractivity contribution in [1.29, 1.82) is 0 Å². The van der Waals surface area contributed by atoms with E-state index >= 15 is 0 Å². The van der Waals surface area contributed by atoms with Crippen molar-refractivity contribution in [3.63, 3.8) is 0 Å². The van der Waals surface area contributed by atoms with Crippen LogP contribution in [0.25, 0.3) is 0 Å². The first-order chi connectivity index (χ1) is 9.74. The monoisotopic (exact) mass is 278 g/mol. The molecule has 108 valence electrons. The number of nitrogens with two attached hydrogens (primary N) is 1. The lowest BCUT2D eigenvalue weighted by Crippen LogP contribution is -2.37. The highest BCUT2D eigenvalue weighted by atomic mass is 16.5. The van der Waals surface area contributed by atoms with Crippen molar-refractivity contribution in [3.05, 3.63) is 18.2 Å². The van der Waals surface area contributed by atoms with E-state index in [0.717, 1.165) is 6.42 Å². The normalized spacial score (nSPS) is 25.1. The van der Waals surface area contributed by atoms with Crippen molar-refractivity contribution in [2.75, 3.05) is 31.7 Å². The number of carbonyl (C=O) groups is 1. The summed E-state index contributed by atoms with van der Waals surface area (Å²) in [6, 6.07) is 5.14. The summed E-state index contributed by atoms with van der Waals surface area (Å²) in [5, 5.41) is 2.85. The molecule has 6 nitrogen and oxygen atoms in total. The average Bonchev–Trinajstić information content (AvgIpc) is 2.73. The number of carbonyl (C=O) groups excluding carboxylic acids is 1. The molecule has 2 atom stereocenters. The smallest absolute Gasteiger partial charge is 0.231 e. The average molecular weight is 278 g/mol. The van der Waals surface area contributed by atoms with Crippen molar-refractivity contribution in [2.45, 2.75) is 12.5 Å². The minimum Gasteiger partial charge on any atom is -0.490 e. The summed E-state index contributed by atoms with van der Waals surface area (Å²) in [6.45, 7) is 2.06. The zero-order valence-corrected chi connectivity index (χ0v) is 11.1. The van der Waals surface area contributed by atoms with E-state index in [1.807, 2.05) is 0 Å². The number of ether oxygens (including phenoxy) is 3. The van der Waals surface area contributed by atoms with Crippen LogP contribution < -0.4 is 20.5 Å². The number of anilines is 1. The molecular formula is C14H18N2O4. The van der Waals surface area contributed by atoms with Gasteiger partial charge in [-0.1, -0.05) is 0 Å². The molecular weight excluding hydrogens is 260 g/mol. The fraction of sp³-hybridized carbons (Fsp3) is 0.500. The Morgan fingerprint density at radius 3 is 2.75 bits per heavy atom. The van der Waals surface area contributed by atoms with E-state index in [0.29, 0.717) is 43.6 Å². The molecule has 1 aromatic rings. The molecule has 1 fully saturated rings. The van der Waals surface area contributed by atoms with Crippen LogP contribution in [0.1, 0.15) is 6.42 Å². The maximum absolute atomic E-state index is 12.1. The van der Waals surface area contributed by atoms with Gasteiger partial charge in [-0.25, -0.2) is 0 Å². The van der Waals surface area contributed by atoms with Crippen molar-refractivity contribution in [2.24, 2.45) is 11.7 Å². The van der Waals surface area contributed by atoms with Crippen LogP contribution in [0.5, 0.6) is 11.5 Å². The molecule has 0 spiro atoms. The molecule has 0 saturated carbocycles. The third-order valence-corrected chi connectivity index (χ3v) is 3.48. The van der Waals surface area contributed by atoms with Gasteiger partial charge in [0.05, 0.1) is 32.3 Å². The molecule has 2 unspecified atom stereocenters. The summed E-state index contributed by atoms with van der Waals surface area (Å²) in [4.78, 5) is 12.1. The van der Waals surface area contributed by atoms with Crippen LogP contribution in [-0.4, -0.2) is 38.4 Å². The van der Waals surface area contributed by atoms with Crippen molar-refractivity contribution in [3.8, 4) is 11.5 Å². The van der Waals surface area contributed by atoms with E-state index in [-0.39, 0.29) is 17.9 Å². The highest BCUT2D eigenvalue weighted by Gasteiger charge is 2.31. The van der Waals surface area contributed by atoms with E-state index in [2.05, 4.69) is 5.32 Å². The lowest BCUT2D eigenvalue weighted by atomic mass is 10.0. The Hall–Kier alpha value is -1.79. The fourth-order valence-corrected chi connectivity index (χ4v) is 2.32. The largest absolute Gasteiger partial charge is 0.490 e. The summed E-state index contributed by atoms with van der Waals surface area (Å²) in [7, 11) is 0. The topological polar surface area (TPSA) is 82.8 Å². The summed E-state index contributed by atoms with van der Waals surface area (Å²) < 4.78 is 16.3. The number of hydrogen-bond donors (Lipinski definition) is 2. The molecule has 1 saturated heterocycles. The summed E-state index contributed by atoms with van der Waals surface area (Å²) >= 11 is 0. The molecule has 2 aliphatic heterocycles. The Kier molecular flexibility index (Phi) is 3.75. The predicted octanol–water partition coefficient (Wildman–Crippen LogP) is 0.760. The number of fused-ring (bicyclic) bond motifs is 1. The van der Waals surface area contributed by atoms with Crippen LogP contribution >= 0.6 is 0 Å². The van der Waals surface area contributed by atoms with E-state index in [9.17, 15) is 4.79 Å². The summed E-state index contributed by atoms with van der Waals surface area (Å²) in [5.41, 5.74) is 6.51. The quantitative estimate of drug-likeness (QED) is 0.834. The molecule has 0 aromatic heterocycles. The Labute approximate surface area is 117 Å². The van der Waals surface area contributed by atoms with Crippen LogP contribution in [0, 0.1) is 5.92 Å². The Balaban J connectivity index is 1.71. The molecule has 0 radical (unpaired) electrons. The standard InChI is InChI=1S/C14H18N2O4/c15-11-8-18-7-10(11)14(17)16-9-2-3-12-13(6-9)20-5-1-4-19-12/h2-3,6,10-11H,1,4-5,7-8,15H2,(H,16,17). The number of benzene rings is 1. The third-order valence-electron chi connectivity index (χ3n) is 3.48. The van der Waals surface area contributed by atoms with Gasteiger partial charge in [0.25, 0.3) is 0 Å². The predicted molar refractivity (Wildman–Crippen MR) is 73.0 cm³/mol. The lowest BCUT2D eigenvalue weighted by molar-refractivity contribution is -0.120. The molecule has 0 bridgehead atoms. The second-order valence-corrected chi connectivity index (χ2v) is 5.01. The third kappa shape index (κ3) is 2.71.